The predicted octanol–water partition coefficient (Wildman–Crippen LogP) is 3.90. The van der Waals surface area contributed by atoms with Crippen LogP contribution in [0.4, 0.5) is 0 Å². The maximum Gasteiger partial charge on any atom is 0.110 e. The van der Waals surface area contributed by atoms with E-state index < -0.39 is 0 Å². The van der Waals surface area contributed by atoms with Gasteiger partial charge in [0.25, 0.3) is 0 Å². The first kappa shape index (κ1) is 14.6. The second-order valence-electron chi connectivity index (χ2n) is 4.48. The molecular weight excluding hydrogens is 278 g/mol. The Labute approximate surface area is 123 Å². The number of hydrogen-bond acceptors (Lipinski definition) is 3. The second-order valence-corrected chi connectivity index (χ2v) is 6.23. The molecule has 0 spiro atoms. The molecule has 0 amide bonds. The third-order valence-corrected chi connectivity index (χ3v) is 4.45. The first-order valence-electron chi connectivity index (χ1n) is 6.73. The smallest absolute Gasteiger partial charge is 0.110 e. The molecule has 0 aliphatic heterocycles. The molecule has 104 valence electrons. The van der Waals surface area contributed by atoms with Gasteiger partial charge in [-0.05, 0) is 32.0 Å². The summed E-state index contributed by atoms with van der Waals surface area (Å²) in [6, 6.07) is 4.37. The molecule has 0 saturated carbocycles. The summed E-state index contributed by atoms with van der Waals surface area (Å²) in [5.74, 6) is 1.13. The summed E-state index contributed by atoms with van der Waals surface area (Å²) in [5.41, 5.74) is 0. The minimum absolute atomic E-state index is 0.296. The van der Waals surface area contributed by atoms with Gasteiger partial charge in [-0.2, -0.15) is 0 Å². The van der Waals surface area contributed by atoms with Crippen LogP contribution in [0.15, 0.2) is 24.5 Å². The summed E-state index contributed by atoms with van der Waals surface area (Å²) in [4.78, 5) is 5.74. The molecule has 0 saturated heterocycles. The molecule has 1 unspecified atom stereocenters. The molecule has 0 aliphatic rings. The molecule has 5 heteroatoms. The van der Waals surface area contributed by atoms with Gasteiger partial charge in [-0.15, -0.1) is 11.3 Å². The Hall–Kier alpha value is -0.840. The van der Waals surface area contributed by atoms with Crippen LogP contribution in [0.5, 0.6) is 0 Å². The van der Waals surface area contributed by atoms with E-state index in [1.165, 1.54) is 4.88 Å². The summed E-state index contributed by atoms with van der Waals surface area (Å²) < 4.78 is 3.03. The van der Waals surface area contributed by atoms with E-state index in [-0.39, 0.29) is 0 Å². The zero-order valence-corrected chi connectivity index (χ0v) is 13.0. The van der Waals surface area contributed by atoms with Crippen molar-refractivity contribution in [1.82, 2.24) is 14.9 Å². The predicted molar refractivity (Wildman–Crippen MR) is 82.0 cm³/mol. The topological polar surface area (TPSA) is 29.9 Å². The SMILES string of the molecule is CCCNC(Cc1nccn1CC)c1ccc(Cl)s1. The van der Waals surface area contributed by atoms with Gasteiger partial charge in [0.15, 0.2) is 0 Å². The van der Waals surface area contributed by atoms with E-state index in [1.807, 2.05) is 18.5 Å². The number of aromatic nitrogens is 2. The molecular formula is C14H20ClN3S. The molecule has 0 fully saturated rings. The zero-order valence-electron chi connectivity index (χ0n) is 11.4. The average molecular weight is 298 g/mol. The lowest BCUT2D eigenvalue weighted by Gasteiger charge is -2.17. The Morgan fingerprint density at radius 2 is 2.26 bits per heavy atom. The lowest BCUT2D eigenvalue weighted by molar-refractivity contribution is 0.513. The van der Waals surface area contributed by atoms with E-state index >= 15 is 0 Å². The number of nitrogens with zero attached hydrogens (tertiary/aromatic N) is 2. The lowest BCUT2D eigenvalue weighted by atomic mass is 10.1. The number of nitrogens with one attached hydrogen (secondary N) is 1. The van der Waals surface area contributed by atoms with Crippen molar-refractivity contribution in [2.45, 2.75) is 39.3 Å². The molecule has 2 heterocycles. The van der Waals surface area contributed by atoms with Gasteiger partial charge in [0.05, 0.1) is 4.34 Å². The normalized spacial score (nSPS) is 12.8. The van der Waals surface area contributed by atoms with Crippen LogP contribution in [0, 0.1) is 0 Å². The van der Waals surface area contributed by atoms with Crippen LogP contribution in [0.2, 0.25) is 4.34 Å². The van der Waals surface area contributed by atoms with Crippen LogP contribution in [-0.4, -0.2) is 16.1 Å². The first-order valence-corrected chi connectivity index (χ1v) is 7.92. The molecule has 19 heavy (non-hydrogen) atoms. The van der Waals surface area contributed by atoms with Crippen LogP contribution >= 0.6 is 22.9 Å². The van der Waals surface area contributed by atoms with Crippen molar-refractivity contribution in [3.63, 3.8) is 0 Å². The van der Waals surface area contributed by atoms with Gasteiger partial charge in [0.1, 0.15) is 5.82 Å². The number of halogens is 1. The largest absolute Gasteiger partial charge is 0.335 e. The lowest BCUT2D eigenvalue weighted by Crippen LogP contribution is -2.24. The number of thiophene rings is 1. The fourth-order valence-electron chi connectivity index (χ4n) is 2.11. The molecule has 0 radical (unpaired) electrons. The van der Waals surface area contributed by atoms with Crippen LogP contribution in [0.25, 0.3) is 0 Å². The number of aryl methyl sites for hydroxylation is 1. The van der Waals surface area contributed by atoms with Gasteiger partial charge in [-0.1, -0.05) is 18.5 Å². The summed E-state index contributed by atoms with van der Waals surface area (Å²) >= 11 is 7.70. The molecule has 0 bridgehead atoms. The van der Waals surface area contributed by atoms with E-state index in [0.717, 1.165) is 36.1 Å². The monoisotopic (exact) mass is 297 g/mol. The third kappa shape index (κ3) is 3.81. The third-order valence-electron chi connectivity index (χ3n) is 3.11. The fraction of sp³-hybridized carbons (Fsp3) is 0.500. The van der Waals surface area contributed by atoms with Gasteiger partial charge in [-0.25, -0.2) is 4.98 Å². The Morgan fingerprint density at radius 3 is 2.89 bits per heavy atom. The zero-order chi connectivity index (χ0) is 13.7. The van der Waals surface area contributed by atoms with Gasteiger partial charge >= 0.3 is 0 Å². The number of rotatable bonds is 7. The highest BCUT2D eigenvalue weighted by molar-refractivity contribution is 7.16. The fourth-order valence-corrected chi connectivity index (χ4v) is 3.24. The van der Waals surface area contributed by atoms with Crippen molar-refractivity contribution in [3.8, 4) is 0 Å². The van der Waals surface area contributed by atoms with Crippen molar-refractivity contribution in [2.24, 2.45) is 0 Å². The highest BCUT2D eigenvalue weighted by Crippen LogP contribution is 2.28. The van der Waals surface area contributed by atoms with Crippen molar-refractivity contribution >= 4 is 22.9 Å². The van der Waals surface area contributed by atoms with E-state index in [9.17, 15) is 0 Å². The molecule has 2 rings (SSSR count). The summed E-state index contributed by atoms with van der Waals surface area (Å²) in [5, 5.41) is 3.59. The van der Waals surface area contributed by atoms with Crippen LogP contribution in [0.1, 0.15) is 37.0 Å². The maximum absolute atomic E-state index is 6.05. The van der Waals surface area contributed by atoms with Gasteiger partial charge in [0, 0.05) is 36.3 Å². The maximum atomic E-state index is 6.05. The molecule has 2 aromatic rings. The van der Waals surface area contributed by atoms with E-state index in [2.05, 4.69) is 34.8 Å². The summed E-state index contributed by atoms with van der Waals surface area (Å²) in [6.07, 6.45) is 5.93. The molecule has 0 aliphatic carbocycles. The minimum atomic E-state index is 0.296. The van der Waals surface area contributed by atoms with Crippen molar-refractivity contribution in [1.29, 1.82) is 0 Å². The summed E-state index contributed by atoms with van der Waals surface area (Å²) in [6.45, 7) is 6.29. The average Bonchev–Trinajstić information content (AvgIpc) is 3.02. The van der Waals surface area contributed by atoms with Gasteiger partial charge in [-0.3, -0.25) is 0 Å². The minimum Gasteiger partial charge on any atom is -0.335 e. The standard InChI is InChI=1S/C14H20ClN3S/c1-3-7-16-11(12-5-6-13(15)19-12)10-14-17-8-9-18(14)4-2/h5-6,8-9,11,16H,3-4,7,10H2,1-2H3. The van der Waals surface area contributed by atoms with Crippen LogP contribution < -0.4 is 5.32 Å². The molecule has 1 N–H and O–H groups in total. The second kappa shape index (κ2) is 7.08. The van der Waals surface area contributed by atoms with Crippen molar-refractivity contribution in [2.75, 3.05) is 6.54 Å². The molecule has 2 aromatic heterocycles. The van der Waals surface area contributed by atoms with Crippen molar-refractivity contribution in [3.05, 3.63) is 39.6 Å². The number of hydrogen-bond donors (Lipinski definition) is 1. The highest BCUT2D eigenvalue weighted by atomic mass is 35.5. The van der Waals surface area contributed by atoms with Gasteiger partial charge < -0.3 is 9.88 Å². The Balaban J connectivity index is 2.14. The van der Waals surface area contributed by atoms with Crippen LogP contribution in [0.3, 0.4) is 0 Å². The van der Waals surface area contributed by atoms with E-state index in [1.54, 1.807) is 11.3 Å². The van der Waals surface area contributed by atoms with E-state index in [0.29, 0.717) is 6.04 Å². The Bertz CT molecular complexity index is 506. The molecule has 1 atom stereocenters. The molecule has 0 aromatic carbocycles. The highest BCUT2D eigenvalue weighted by Gasteiger charge is 2.16. The van der Waals surface area contributed by atoms with Crippen LogP contribution in [-0.2, 0) is 13.0 Å². The Kier molecular flexibility index (Phi) is 5.43. The first-order chi connectivity index (χ1) is 9.24. The van der Waals surface area contributed by atoms with Gasteiger partial charge in [0.2, 0.25) is 0 Å². The Morgan fingerprint density at radius 1 is 1.42 bits per heavy atom. The quantitative estimate of drug-likeness (QED) is 0.840. The summed E-state index contributed by atoms with van der Waals surface area (Å²) in [7, 11) is 0. The van der Waals surface area contributed by atoms with E-state index in [4.69, 9.17) is 11.6 Å². The molecule has 3 nitrogen and oxygen atoms in total. The van der Waals surface area contributed by atoms with Crippen molar-refractivity contribution < 1.29 is 0 Å². The number of imidazole rings is 1.